The molecule has 3 aromatic carbocycles. The Morgan fingerprint density at radius 1 is 0.882 bits per heavy atom. The van der Waals surface area contributed by atoms with Crippen LogP contribution in [0.4, 0.5) is 5.69 Å². The van der Waals surface area contributed by atoms with Crippen molar-refractivity contribution in [3.8, 4) is 0 Å². The molecule has 1 unspecified atom stereocenters. The van der Waals surface area contributed by atoms with Gasteiger partial charge >= 0.3 is 5.97 Å². The number of carbonyl (C=O) groups is 3. The van der Waals surface area contributed by atoms with Crippen LogP contribution in [0.5, 0.6) is 0 Å². The van der Waals surface area contributed by atoms with Crippen molar-refractivity contribution in [3.05, 3.63) is 99.7 Å². The standard InChI is InChI=1S/C25H19Cl2N3O4/c26-16-9-14(10-17(27)13-16)11-22(25(33)34)30-23(31)18-6-2-4-8-20(18)29-24(32)21-12-15-5-1-3-7-19(15)28-21/h1-10,12-13,22,28H,11H2,(H,29,32)(H,30,31)(H,33,34). The molecule has 4 rings (SSSR count). The zero-order valence-corrected chi connectivity index (χ0v) is 19.2. The third-order valence-corrected chi connectivity index (χ3v) is 5.60. The third-order valence-electron chi connectivity index (χ3n) is 5.16. The number of rotatable bonds is 7. The van der Waals surface area contributed by atoms with E-state index in [1.165, 1.54) is 12.1 Å². The molecule has 4 N–H and O–H groups in total. The summed E-state index contributed by atoms with van der Waals surface area (Å²) in [5, 5.41) is 16.5. The highest BCUT2D eigenvalue weighted by Crippen LogP contribution is 2.22. The van der Waals surface area contributed by atoms with Gasteiger partial charge < -0.3 is 20.7 Å². The maximum Gasteiger partial charge on any atom is 0.326 e. The second-order valence-electron chi connectivity index (χ2n) is 7.62. The Morgan fingerprint density at radius 2 is 1.56 bits per heavy atom. The maximum atomic E-state index is 13.0. The quantitative estimate of drug-likeness (QED) is 0.284. The van der Waals surface area contributed by atoms with Crippen molar-refractivity contribution in [1.82, 2.24) is 10.3 Å². The van der Waals surface area contributed by atoms with Gasteiger partial charge in [-0.25, -0.2) is 4.79 Å². The van der Waals surface area contributed by atoms with E-state index in [0.717, 1.165) is 10.9 Å². The van der Waals surface area contributed by atoms with Crippen molar-refractivity contribution in [2.75, 3.05) is 5.32 Å². The molecule has 0 aliphatic carbocycles. The van der Waals surface area contributed by atoms with Crippen LogP contribution in [-0.4, -0.2) is 33.9 Å². The van der Waals surface area contributed by atoms with E-state index in [1.807, 2.05) is 24.3 Å². The van der Waals surface area contributed by atoms with E-state index < -0.39 is 23.8 Å². The third kappa shape index (κ3) is 5.39. The summed E-state index contributed by atoms with van der Waals surface area (Å²) in [5.41, 5.74) is 2.08. The lowest BCUT2D eigenvalue weighted by atomic mass is 10.0. The van der Waals surface area contributed by atoms with Crippen LogP contribution in [0, 0.1) is 0 Å². The van der Waals surface area contributed by atoms with Crippen LogP contribution in [0.15, 0.2) is 72.8 Å². The SMILES string of the molecule is O=C(Nc1ccccc1C(=O)NC(Cc1cc(Cl)cc(Cl)c1)C(=O)O)c1cc2ccccc2[nH]1. The number of aliphatic carboxylic acids is 1. The Balaban J connectivity index is 1.52. The Hall–Kier alpha value is -3.81. The lowest BCUT2D eigenvalue weighted by molar-refractivity contribution is -0.139. The average molecular weight is 496 g/mol. The van der Waals surface area contributed by atoms with Crippen molar-refractivity contribution in [2.45, 2.75) is 12.5 Å². The molecule has 1 aromatic heterocycles. The molecule has 172 valence electrons. The molecule has 0 spiro atoms. The predicted octanol–water partition coefficient (Wildman–Crippen LogP) is 5.15. The van der Waals surface area contributed by atoms with E-state index in [9.17, 15) is 19.5 Å². The maximum absolute atomic E-state index is 13.0. The lowest BCUT2D eigenvalue weighted by Gasteiger charge is -2.17. The van der Waals surface area contributed by atoms with E-state index in [1.54, 1.807) is 36.4 Å². The first-order valence-corrected chi connectivity index (χ1v) is 11.0. The number of benzene rings is 3. The number of amides is 2. The number of carboxylic acids is 1. The van der Waals surface area contributed by atoms with Gasteiger partial charge in [0.25, 0.3) is 11.8 Å². The first-order valence-electron chi connectivity index (χ1n) is 10.3. The molecule has 0 saturated heterocycles. The molecule has 0 aliphatic heterocycles. The molecule has 1 atom stereocenters. The number of carbonyl (C=O) groups excluding carboxylic acids is 2. The molecule has 1 heterocycles. The Bertz CT molecular complexity index is 1350. The van der Waals surface area contributed by atoms with E-state index >= 15 is 0 Å². The minimum atomic E-state index is -1.24. The summed E-state index contributed by atoms with van der Waals surface area (Å²) in [7, 11) is 0. The fourth-order valence-electron chi connectivity index (χ4n) is 3.58. The lowest BCUT2D eigenvalue weighted by Crippen LogP contribution is -2.42. The molecule has 0 saturated carbocycles. The predicted molar refractivity (Wildman–Crippen MR) is 132 cm³/mol. The zero-order chi connectivity index (χ0) is 24.2. The summed E-state index contributed by atoms with van der Waals surface area (Å²) in [6.07, 6.45) is -0.0229. The number of halogens is 2. The highest BCUT2D eigenvalue weighted by Gasteiger charge is 2.23. The fourth-order valence-corrected chi connectivity index (χ4v) is 4.15. The van der Waals surface area contributed by atoms with Gasteiger partial charge in [0.1, 0.15) is 11.7 Å². The number of carboxylic acid groups (broad SMARTS) is 1. The number of fused-ring (bicyclic) bond motifs is 1. The first kappa shape index (κ1) is 23.4. The van der Waals surface area contributed by atoms with E-state index in [4.69, 9.17) is 23.2 Å². The summed E-state index contributed by atoms with van der Waals surface area (Å²) in [6.45, 7) is 0. The van der Waals surface area contributed by atoms with Crippen molar-refractivity contribution >= 4 is 57.6 Å². The average Bonchev–Trinajstić information content (AvgIpc) is 3.23. The smallest absolute Gasteiger partial charge is 0.326 e. The number of hydrogen-bond acceptors (Lipinski definition) is 3. The van der Waals surface area contributed by atoms with E-state index in [-0.39, 0.29) is 17.7 Å². The van der Waals surface area contributed by atoms with Crippen molar-refractivity contribution in [3.63, 3.8) is 0 Å². The number of aromatic amines is 1. The van der Waals surface area contributed by atoms with Gasteiger partial charge in [-0.1, -0.05) is 53.5 Å². The Kier molecular flexibility index (Phi) is 6.86. The summed E-state index contributed by atoms with van der Waals surface area (Å²) < 4.78 is 0. The Morgan fingerprint density at radius 3 is 2.26 bits per heavy atom. The molecular formula is C25H19Cl2N3O4. The molecule has 34 heavy (non-hydrogen) atoms. The molecule has 2 amide bonds. The molecule has 7 nitrogen and oxygen atoms in total. The second kappa shape index (κ2) is 9.99. The number of H-pyrrole nitrogens is 1. The van der Waals surface area contributed by atoms with Crippen LogP contribution < -0.4 is 10.6 Å². The van der Waals surface area contributed by atoms with Gasteiger partial charge in [-0.15, -0.1) is 0 Å². The molecule has 0 bridgehead atoms. The molecule has 0 radical (unpaired) electrons. The zero-order valence-electron chi connectivity index (χ0n) is 17.6. The summed E-state index contributed by atoms with van der Waals surface area (Å²) >= 11 is 12.0. The van der Waals surface area contributed by atoms with Gasteiger partial charge in [0, 0.05) is 27.4 Å². The number of hydrogen-bond donors (Lipinski definition) is 4. The van der Waals surface area contributed by atoms with Crippen LogP contribution in [0.3, 0.4) is 0 Å². The highest BCUT2D eigenvalue weighted by molar-refractivity contribution is 6.34. The van der Waals surface area contributed by atoms with Gasteiger partial charge in [-0.2, -0.15) is 0 Å². The van der Waals surface area contributed by atoms with Crippen molar-refractivity contribution in [2.24, 2.45) is 0 Å². The monoisotopic (exact) mass is 495 g/mol. The summed E-state index contributed by atoms with van der Waals surface area (Å²) in [5.74, 6) is -2.29. The largest absolute Gasteiger partial charge is 0.480 e. The minimum Gasteiger partial charge on any atom is -0.480 e. The van der Waals surface area contributed by atoms with E-state index in [0.29, 0.717) is 21.3 Å². The van der Waals surface area contributed by atoms with Gasteiger partial charge in [0.2, 0.25) is 0 Å². The van der Waals surface area contributed by atoms with Gasteiger partial charge in [-0.05, 0) is 48.0 Å². The normalized spacial score (nSPS) is 11.7. The van der Waals surface area contributed by atoms with Crippen LogP contribution >= 0.6 is 23.2 Å². The molecular weight excluding hydrogens is 477 g/mol. The molecule has 9 heteroatoms. The number of aromatic nitrogens is 1. The van der Waals surface area contributed by atoms with Crippen molar-refractivity contribution in [1.29, 1.82) is 0 Å². The summed E-state index contributed by atoms with van der Waals surface area (Å²) in [6, 6.07) is 19.0. The second-order valence-corrected chi connectivity index (χ2v) is 8.49. The van der Waals surface area contributed by atoms with Gasteiger partial charge in [0.15, 0.2) is 0 Å². The number of para-hydroxylation sites is 2. The first-order chi connectivity index (χ1) is 16.3. The fraction of sp³-hybridized carbons (Fsp3) is 0.0800. The van der Waals surface area contributed by atoms with Crippen molar-refractivity contribution < 1.29 is 19.5 Å². The van der Waals surface area contributed by atoms with Gasteiger partial charge in [0.05, 0.1) is 11.3 Å². The van der Waals surface area contributed by atoms with E-state index in [2.05, 4.69) is 15.6 Å². The van der Waals surface area contributed by atoms with Crippen LogP contribution in [0.25, 0.3) is 10.9 Å². The molecule has 4 aromatic rings. The van der Waals surface area contributed by atoms with Gasteiger partial charge in [-0.3, -0.25) is 9.59 Å². The van der Waals surface area contributed by atoms with Crippen LogP contribution in [-0.2, 0) is 11.2 Å². The summed E-state index contributed by atoms with van der Waals surface area (Å²) in [4.78, 5) is 40.6. The topological polar surface area (TPSA) is 111 Å². The number of nitrogens with one attached hydrogen (secondary N) is 3. The minimum absolute atomic E-state index is 0.0229. The molecule has 0 aliphatic rings. The molecule has 0 fully saturated rings. The van der Waals surface area contributed by atoms with Crippen LogP contribution in [0.1, 0.15) is 26.4 Å². The van der Waals surface area contributed by atoms with Crippen LogP contribution in [0.2, 0.25) is 10.0 Å². The number of anilines is 1. The Labute approximate surface area is 204 Å². The highest BCUT2D eigenvalue weighted by atomic mass is 35.5.